The molecule has 2 amide bonds. The van der Waals surface area contributed by atoms with Crippen molar-refractivity contribution in [3.63, 3.8) is 0 Å². The first-order chi connectivity index (χ1) is 8.13. The number of carbonyl (C=O) groups excluding carboxylic acids is 1. The third-order valence-electron chi connectivity index (χ3n) is 1.86. The van der Waals surface area contributed by atoms with E-state index in [0.29, 0.717) is 18.2 Å². The normalized spacial score (nSPS) is 11.7. The van der Waals surface area contributed by atoms with Crippen LogP contribution in [0.25, 0.3) is 0 Å². The van der Waals surface area contributed by atoms with E-state index < -0.39 is 12.1 Å². The van der Waals surface area contributed by atoms with Crippen LogP contribution in [0.3, 0.4) is 0 Å². The number of aliphatic hydroxyl groups excluding tert-OH is 1. The van der Waals surface area contributed by atoms with Crippen molar-refractivity contribution in [1.82, 2.24) is 10.3 Å². The molecule has 0 aliphatic rings. The van der Waals surface area contributed by atoms with Gasteiger partial charge in [0.25, 0.3) is 0 Å². The highest BCUT2D eigenvalue weighted by Crippen LogP contribution is 2.19. The first-order valence-corrected chi connectivity index (χ1v) is 5.44. The summed E-state index contributed by atoms with van der Waals surface area (Å²) in [5.74, 6) is 0.377. The molecule has 0 saturated carbocycles. The minimum atomic E-state index is -0.582. The maximum atomic E-state index is 11.5. The number of ether oxygens (including phenoxy) is 1. The second-order valence-corrected chi connectivity index (χ2v) is 3.47. The van der Waals surface area contributed by atoms with E-state index in [1.807, 2.05) is 6.92 Å². The number of amides is 2. The fourth-order valence-corrected chi connectivity index (χ4v) is 1.14. The van der Waals surface area contributed by atoms with Crippen LogP contribution in [0.4, 0.5) is 10.5 Å². The minimum Gasteiger partial charge on any atom is -0.476 e. The Morgan fingerprint density at radius 1 is 1.65 bits per heavy atom. The average Bonchev–Trinajstić information content (AvgIpc) is 2.29. The predicted molar refractivity (Wildman–Crippen MR) is 64.1 cm³/mol. The van der Waals surface area contributed by atoms with Crippen molar-refractivity contribution in [2.24, 2.45) is 0 Å². The monoisotopic (exact) mass is 239 g/mol. The van der Waals surface area contributed by atoms with Gasteiger partial charge in [-0.25, -0.2) is 9.78 Å². The lowest BCUT2D eigenvalue weighted by molar-refractivity contribution is 0.190. The molecule has 3 N–H and O–H groups in total. The molecule has 0 bridgehead atoms. The first-order valence-electron chi connectivity index (χ1n) is 5.44. The molecule has 0 spiro atoms. The van der Waals surface area contributed by atoms with Gasteiger partial charge in [-0.1, -0.05) is 0 Å². The van der Waals surface area contributed by atoms with Gasteiger partial charge in [-0.3, -0.25) is 0 Å². The standard InChI is InChI=1S/C11H17N3O3/c1-3-17-10-9(5-4-6-12-10)14-11(16)13-7-8(2)15/h4-6,8,15H,3,7H2,1-2H3,(H2,13,14,16)/t8-/m1/s1. The second kappa shape index (κ2) is 6.70. The lowest BCUT2D eigenvalue weighted by Gasteiger charge is -2.11. The van der Waals surface area contributed by atoms with E-state index in [2.05, 4.69) is 15.6 Å². The zero-order chi connectivity index (χ0) is 12.7. The molecule has 1 rings (SSSR count). The smallest absolute Gasteiger partial charge is 0.319 e. The summed E-state index contributed by atoms with van der Waals surface area (Å²) in [5.41, 5.74) is 0.498. The summed E-state index contributed by atoms with van der Waals surface area (Å²) in [5, 5.41) is 14.1. The lowest BCUT2D eigenvalue weighted by atomic mass is 10.4. The number of pyridine rings is 1. The van der Waals surface area contributed by atoms with Crippen LogP contribution in [0.2, 0.25) is 0 Å². The third kappa shape index (κ3) is 4.69. The molecule has 0 unspecified atom stereocenters. The molecule has 0 saturated heterocycles. The Bertz CT molecular complexity index is 369. The van der Waals surface area contributed by atoms with Crippen LogP contribution < -0.4 is 15.4 Å². The van der Waals surface area contributed by atoms with Crippen molar-refractivity contribution < 1.29 is 14.6 Å². The Kier molecular flexibility index (Phi) is 5.22. The molecule has 0 fully saturated rings. The molecule has 6 nitrogen and oxygen atoms in total. The highest BCUT2D eigenvalue weighted by molar-refractivity contribution is 5.90. The van der Waals surface area contributed by atoms with Gasteiger partial charge in [-0.2, -0.15) is 0 Å². The maximum Gasteiger partial charge on any atom is 0.319 e. The summed E-state index contributed by atoms with van der Waals surface area (Å²) in [6.07, 6.45) is 1.00. The Balaban J connectivity index is 2.58. The average molecular weight is 239 g/mol. The summed E-state index contributed by atoms with van der Waals surface area (Å²) >= 11 is 0. The van der Waals surface area contributed by atoms with Gasteiger partial charge in [0.2, 0.25) is 5.88 Å². The van der Waals surface area contributed by atoms with Crippen LogP contribution in [0.1, 0.15) is 13.8 Å². The zero-order valence-corrected chi connectivity index (χ0v) is 9.93. The van der Waals surface area contributed by atoms with Crippen molar-refractivity contribution >= 4 is 11.7 Å². The molecule has 94 valence electrons. The van der Waals surface area contributed by atoms with Crippen molar-refractivity contribution in [3.05, 3.63) is 18.3 Å². The Morgan fingerprint density at radius 3 is 3.06 bits per heavy atom. The largest absolute Gasteiger partial charge is 0.476 e. The third-order valence-corrected chi connectivity index (χ3v) is 1.86. The van der Waals surface area contributed by atoms with Crippen LogP contribution in [0, 0.1) is 0 Å². The molecule has 1 aromatic heterocycles. The second-order valence-electron chi connectivity index (χ2n) is 3.47. The number of aromatic nitrogens is 1. The Hall–Kier alpha value is -1.82. The topological polar surface area (TPSA) is 83.5 Å². The molecule has 1 aromatic rings. The number of hydrogen-bond donors (Lipinski definition) is 3. The van der Waals surface area contributed by atoms with E-state index in [0.717, 1.165) is 0 Å². The number of nitrogens with zero attached hydrogens (tertiary/aromatic N) is 1. The molecule has 17 heavy (non-hydrogen) atoms. The summed E-state index contributed by atoms with van der Waals surface area (Å²) in [6, 6.07) is 2.99. The molecule has 0 radical (unpaired) electrons. The van der Waals surface area contributed by atoms with Crippen LogP contribution in [-0.2, 0) is 0 Å². The minimum absolute atomic E-state index is 0.191. The number of nitrogens with one attached hydrogen (secondary N) is 2. The number of anilines is 1. The molecule has 1 heterocycles. The van der Waals surface area contributed by atoms with E-state index in [1.54, 1.807) is 25.3 Å². The zero-order valence-electron chi connectivity index (χ0n) is 9.93. The van der Waals surface area contributed by atoms with E-state index >= 15 is 0 Å². The van der Waals surface area contributed by atoms with Crippen LogP contribution in [-0.4, -0.2) is 35.4 Å². The molecule has 0 aliphatic heterocycles. The van der Waals surface area contributed by atoms with Gasteiger partial charge in [0.15, 0.2) is 0 Å². The Labute approximate surface area is 100 Å². The fraction of sp³-hybridized carbons (Fsp3) is 0.455. The van der Waals surface area contributed by atoms with Gasteiger partial charge in [-0.15, -0.1) is 0 Å². The van der Waals surface area contributed by atoms with Crippen LogP contribution in [0.15, 0.2) is 18.3 Å². The van der Waals surface area contributed by atoms with E-state index in [4.69, 9.17) is 9.84 Å². The molecule has 1 atom stereocenters. The predicted octanol–water partition coefficient (Wildman–Crippen LogP) is 0.983. The van der Waals surface area contributed by atoms with E-state index in [-0.39, 0.29) is 6.54 Å². The van der Waals surface area contributed by atoms with Crippen LogP contribution in [0.5, 0.6) is 5.88 Å². The summed E-state index contributed by atoms with van der Waals surface area (Å²) in [7, 11) is 0. The summed E-state index contributed by atoms with van der Waals surface area (Å²) in [4.78, 5) is 15.5. The molecule has 0 aromatic carbocycles. The Morgan fingerprint density at radius 2 is 2.41 bits per heavy atom. The number of urea groups is 1. The van der Waals surface area contributed by atoms with Gasteiger partial charge in [0, 0.05) is 12.7 Å². The van der Waals surface area contributed by atoms with Crippen molar-refractivity contribution in [1.29, 1.82) is 0 Å². The van der Waals surface area contributed by atoms with Gasteiger partial charge in [-0.05, 0) is 26.0 Å². The quantitative estimate of drug-likeness (QED) is 0.715. The molecular formula is C11H17N3O3. The van der Waals surface area contributed by atoms with E-state index in [1.165, 1.54) is 0 Å². The van der Waals surface area contributed by atoms with Crippen molar-refractivity contribution in [3.8, 4) is 5.88 Å². The number of rotatable bonds is 5. The number of carbonyl (C=O) groups is 1. The highest BCUT2D eigenvalue weighted by Gasteiger charge is 2.08. The number of aliphatic hydroxyl groups is 1. The SMILES string of the molecule is CCOc1ncccc1NC(=O)NC[C@@H](C)O. The van der Waals surface area contributed by atoms with Crippen molar-refractivity contribution in [2.45, 2.75) is 20.0 Å². The molecule has 0 aliphatic carbocycles. The van der Waals surface area contributed by atoms with Gasteiger partial charge < -0.3 is 20.5 Å². The number of hydrogen-bond acceptors (Lipinski definition) is 4. The summed E-state index contributed by atoms with van der Waals surface area (Å²) < 4.78 is 5.26. The first kappa shape index (κ1) is 13.2. The van der Waals surface area contributed by atoms with E-state index in [9.17, 15) is 4.79 Å². The summed E-state index contributed by atoms with van der Waals surface area (Å²) in [6.45, 7) is 4.10. The van der Waals surface area contributed by atoms with Gasteiger partial charge in [0.05, 0.1) is 12.7 Å². The van der Waals surface area contributed by atoms with Crippen molar-refractivity contribution in [2.75, 3.05) is 18.5 Å². The van der Waals surface area contributed by atoms with Crippen LogP contribution >= 0.6 is 0 Å². The van der Waals surface area contributed by atoms with Gasteiger partial charge in [0.1, 0.15) is 5.69 Å². The molecular weight excluding hydrogens is 222 g/mol. The highest BCUT2D eigenvalue weighted by atomic mass is 16.5. The maximum absolute atomic E-state index is 11.5. The van der Waals surface area contributed by atoms with Gasteiger partial charge >= 0.3 is 6.03 Å². The molecule has 6 heteroatoms. The fourth-order valence-electron chi connectivity index (χ4n) is 1.14. The lowest BCUT2D eigenvalue weighted by Crippen LogP contribution is -2.34.